The molecule has 0 bridgehead atoms. The number of hydrogen-bond donors (Lipinski definition) is 1. The molecule has 16 heavy (non-hydrogen) atoms. The Balaban J connectivity index is 2.39. The molecule has 1 N–H and O–H groups in total. The SMILES string of the molecule is Cc1cc2c(cc1C(O)C(C)Cl)OCCO2. The highest BCUT2D eigenvalue weighted by molar-refractivity contribution is 6.20. The second kappa shape index (κ2) is 4.52. The van der Waals surface area contributed by atoms with Gasteiger partial charge in [-0.3, -0.25) is 0 Å². The lowest BCUT2D eigenvalue weighted by atomic mass is 10.0. The highest BCUT2D eigenvalue weighted by Crippen LogP contribution is 2.36. The van der Waals surface area contributed by atoms with Gasteiger partial charge in [0.1, 0.15) is 13.2 Å². The Bertz CT molecular complexity index is 390. The second-order valence-corrected chi connectivity index (χ2v) is 4.66. The van der Waals surface area contributed by atoms with E-state index in [0.29, 0.717) is 19.0 Å². The smallest absolute Gasteiger partial charge is 0.161 e. The molecule has 0 amide bonds. The van der Waals surface area contributed by atoms with E-state index >= 15 is 0 Å². The zero-order valence-electron chi connectivity index (χ0n) is 9.37. The van der Waals surface area contributed by atoms with Crippen molar-refractivity contribution in [1.82, 2.24) is 0 Å². The predicted octanol–water partition coefficient (Wildman–Crippen LogP) is 2.43. The van der Waals surface area contributed by atoms with Crippen molar-refractivity contribution in [2.75, 3.05) is 13.2 Å². The normalized spacial score (nSPS) is 18.0. The van der Waals surface area contributed by atoms with Crippen LogP contribution < -0.4 is 9.47 Å². The first-order chi connectivity index (χ1) is 7.59. The molecule has 0 fully saturated rings. The molecule has 0 saturated heterocycles. The number of benzene rings is 1. The maximum atomic E-state index is 9.95. The fraction of sp³-hybridized carbons (Fsp3) is 0.500. The van der Waals surface area contributed by atoms with Crippen molar-refractivity contribution in [2.24, 2.45) is 0 Å². The molecule has 0 aromatic heterocycles. The van der Waals surface area contributed by atoms with E-state index < -0.39 is 6.10 Å². The third-order valence-corrected chi connectivity index (χ3v) is 2.92. The first-order valence-corrected chi connectivity index (χ1v) is 5.75. The number of aliphatic hydroxyl groups excluding tert-OH is 1. The molecular formula is C12H15ClO3. The maximum absolute atomic E-state index is 9.95. The second-order valence-electron chi connectivity index (χ2n) is 3.97. The first kappa shape index (κ1) is 11.6. The average Bonchev–Trinajstić information content (AvgIpc) is 2.27. The van der Waals surface area contributed by atoms with Crippen LogP contribution in [-0.4, -0.2) is 23.7 Å². The fourth-order valence-electron chi connectivity index (χ4n) is 1.77. The van der Waals surface area contributed by atoms with Gasteiger partial charge < -0.3 is 14.6 Å². The van der Waals surface area contributed by atoms with Crippen molar-refractivity contribution >= 4 is 11.6 Å². The number of alkyl halides is 1. The number of aliphatic hydroxyl groups is 1. The van der Waals surface area contributed by atoms with Crippen LogP contribution in [-0.2, 0) is 0 Å². The summed E-state index contributed by atoms with van der Waals surface area (Å²) in [5, 5.41) is 9.62. The van der Waals surface area contributed by atoms with Crippen LogP contribution in [0.1, 0.15) is 24.2 Å². The van der Waals surface area contributed by atoms with Crippen LogP contribution in [0, 0.1) is 6.92 Å². The predicted molar refractivity (Wildman–Crippen MR) is 62.4 cm³/mol. The molecule has 1 aliphatic rings. The lowest BCUT2D eigenvalue weighted by Gasteiger charge is -2.22. The quantitative estimate of drug-likeness (QED) is 0.810. The third-order valence-electron chi connectivity index (χ3n) is 2.68. The molecule has 2 unspecified atom stereocenters. The molecule has 2 rings (SSSR count). The van der Waals surface area contributed by atoms with Crippen molar-refractivity contribution < 1.29 is 14.6 Å². The van der Waals surface area contributed by atoms with Gasteiger partial charge in [0.15, 0.2) is 11.5 Å². The molecule has 1 aromatic rings. The summed E-state index contributed by atoms with van der Waals surface area (Å²) >= 11 is 5.90. The molecule has 0 saturated carbocycles. The van der Waals surface area contributed by atoms with Crippen LogP contribution in [0.15, 0.2) is 12.1 Å². The standard InChI is InChI=1S/C12H15ClO3/c1-7-5-10-11(16-4-3-15-10)6-9(7)12(14)8(2)13/h5-6,8,12,14H,3-4H2,1-2H3. The van der Waals surface area contributed by atoms with E-state index in [1.165, 1.54) is 0 Å². The summed E-state index contributed by atoms with van der Waals surface area (Å²) in [5.74, 6) is 1.42. The highest BCUT2D eigenvalue weighted by Gasteiger charge is 2.20. The summed E-state index contributed by atoms with van der Waals surface area (Å²) in [6.45, 7) is 4.81. The first-order valence-electron chi connectivity index (χ1n) is 5.32. The Morgan fingerprint density at radius 1 is 1.25 bits per heavy atom. The van der Waals surface area contributed by atoms with Gasteiger partial charge in [-0.1, -0.05) is 0 Å². The fourth-order valence-corrected chi connectivity index (χ4v) is 1.91. The van der Waals surface area contributed by atoms with Crippen molar-refractivity contribution in [3.8, 4) is 11.5 Å². The summed E-state index contributed by atoms with van der Waals surface area (Å²) in [7, 11) is 0. The zero-order chi connectivity index (χ0) is 11.7. The monoisotopic (exact) mass is 242 g/mol. The van der Waals surface area contributed by atoms with Crippen LogP contribution in [0.2, 0.25) is 0 Å². The summed E-state index contributed by atoms with van der Waals surface area (Å²) in [4.78, 5) is 0. The van der Waals surface area contributed by atoms with E-state index in [0.717, 1.165) is 16.9 Å². The molecule has 88 valence electrons. The average molecular weight is 243 g/mol. The van der Waals surface area contributed by atoms with Crippen molar-refractivity contribution in [2.45, 2.75) is 25.3 Å². The topological polar surface area (TPSA) is 38.7 Å². The van der Waals surface area contributed by atoms with Gasteiger partial charge in [-0.2, -0.15) is 0 Å². The number of hydrogen-bond acceptors (Lipinski definition) is 3. The van der Waals surface area contributed by atoms with Gasteiger partial charge >= 0.3 is 0 Å². The van der Waals surface area contributed by atoms with E-state index in [2.05, 4.69) is 0 Å². The Hall–Kier alpha value is -0.930. The van der Waals surface area contributed by atoms with Gasteiger partial charge in [-0.25, -0.2) is 0 Å². The number of ether oxygens (including phenoxy) is 2. The minimum absolute atomic E-state index is 0.332. The van der Waals surface area contributed by atoms with Gasteiger partial charge in [0.25, 0.3) is 0 Å². The Labute approximate surface area is 99.9 Å². The van der Waals surface area contributed by atoms with Crippen LogP contribution in [0.25, 0.3) is 0 Å². The molecule has 0 aliphatic carbocycles. The number of halogens is 1. The van der Waals surface area contributed by atoms with Crippen LogP contribution in [0.5, 0.6) is 11.5 Å². The molecule has 1 aliphatic heterocycles. The highest BCUT2D eigenvalue weighted by atomic mass is 35.5. The molecule has 0 radical (unpaired) electrons. The summed E-state index contributed by atoms with van der Waals surface area (Å²) < 4.78 is 10.9. The maximum Gasteiger partial charge on any atom is 0.161 e. The van der Waals surface area contributed by atoms with E-state index in [1.54, 1.807) is 6.92 Å². The summed E-state index contributed by atoms with van der Waals surface area (Å²) in [6, 6.07) is 3.69. The lowest BCUT2D eigenvalue weighted by molar-refractivity contribution is 0.163. The van der Waals surface area contributed by atoms with Gasteiger partial charge in [0.05, 0.1) is 11.5 Å². The molecular weight excluding hydrogens is 228 g/mol. The molecule has 1 heterocycles. The van der Waals surface area contributed by atoms with Crippen LogP contribution in [0.3, 0.4) is 0 Å². The molecule has 4 heteroatoms. The molecule has 2 atom stereocenters. The number of aryl methyl sites for hydroxylation is 1. The van der Waals surface area contributed by atoms with E-state index in [1.807, 2.05) is 19.1 Å². The van der Waals surface area contributed by atoms with Gasteiger partial charge in [-0.15, -0.1) is 11.6 Å². The lowest BCUT2D eigenvalue weighted by Crippen LogP contribution is -2.17. The van der Waals surface area contributed by atoms with Gasteiger partial charge in [0, 0.05) is 0 Å². The molecule has 3 nitrogen and oxygen atoms in total. The summed E-state index contributed by atoms with van der Waals surface area (Å²) in [5.41, 5.74) is 1.76. The van der Waals surface area contributed by atoms with Crippen molar-refractivity contribution in [3.05, 3.63) is 23.3 Å². The van der Waals surface area contributed by atoms with E-state index in [-0.39, 0.29) is 5.38 Å². The third kappa shape index (κ3) is 2.11. The number of rotatable bonds is 2. The van der Waals surface area contributed by atoms with Crippen LogP contribution >= 0.6 is 11.6 Å². The van der Waals surface area contributed by atoms with Gasteiger partial charge in [-0.05, 0) is 37.1 Å². The number of fused-ring (bicyclic) bond motifs is 1. The Morgan fingerprint density at radius 3 is 2.38 bits per heavy atom. The largest absolute Gasteiger partial charge is 0.486 e. The van der Waals surface area contributed by atoms with Crippen molar-refractivity contribution in [3.63, 3.8) is 0 Å². The minimum Gasteiger partial charge on any atom is -0.486 e. The summed E-state index contributed by atoms with van der Waals surface area (Å²) in [6.07, 6.45) is -0.683. The van der Waals surface area contributed by atoms with E-state index in [4.69, 9.17) is 21.1 Å². The van der Waals surface area contributed by atoms with Gasteiger partial charge in [0.2, 0.25) is 0 Å². The Kier molecular flexibility index (Phi) is 3.26. The van der Waals surface area contributed by atoms with Crippen LogP contribution in [0.4, 0.5) is 0 Å². The van der Waals surface area contributed by atoms with Crippen molar-refractivity contribution in [1.29, 1.82) is 0 Å². The molecule has 1 aromatic carbocycles. The Morgan fingerprint density at radius 2 is 1.81 bits per heavy atom. The molecule has 0 spiro atoms. The zero-order valence-corrected chi connectivity index (χ0v) is 10.1. The minimum atomic E-state index is -0.683. The van der Waals surface area contributed by atoms with E-state index in [9.17, 15) is 5.11 Å².